The standard InChI is InChI=1S/C8H16N2.C3H8.2C2H6/c1-4-5-6-8(2)10(3)7-9;1-3-2;2*1-2/h7,9H,2,4-6H2,1,3H3;3H2,1-2H3;2*1-2H3. The van der Waals surface area contributed by atoms with Crippen LogP contribution in [0.1, 0.15) is 74.1 Å². The molecule has 0 fully saturated rings. The summed E-state index contributed by atoms with van der Waals surface area (Å²) in [5.74, 6) is 0. The van der Waals surface area contributed by atoms with Crippen LogP contribution in [0.3, 0.4) is 0 Å². The first-order valence-electron chi connectivity index (χ1n) is 7.05. The Hall–Kier alpha value is -0.790. The van der Waals surface area contributed by atoms with Crippen LogP contribution in [0.5, 0.6) is 0 Å². The number of nitrogens with one attached hydrogen (secondary N) is 1. The van der Waals surface area contributed by atoms with Gasteiger partial charge in [-0.05, 0) is 12.8 Å². The molecule has 0 saturated carbocycles. The summed E-state index contributed by atoms with van der Waals surface area (Å²) in [5, 5.41) is 6.91. The molecular weight excluding hydrogens is 208 g/mol. The van der Waals surface area contributed by atoms with Gasteiger partial charge >= 0.3 is 0 Å². The summed E-state index contributed by atoms with van der Waals surface area (Å²) >= 11 is 0. The summed E-state index contributed by atoms with van der Waals surface area (Å²) < 4.78 is 0. The predicted octanol–water partition coefficient (Wildman–Crippen LogP) is 5.70. The largest absolute Gasteiger partial charge is 0.340 e. The van der Waals surface area contributed by atoms with Crippen LogP contribution in [0.15, 0.2) is 12.3 Å². The maximum atomic E-state index is 6.91. The van der Waals surface area contributed by atoms with Gasteiger partial charge in [0, 0.05) is 12.7 Å². The average molecular weight is 244 g/mol. The third-order valence-corrected chi connectivity index (χ3v) is 1.51. The van der Waals surface area contributed by atoms with Gasteiger partial charge in [0.15, 0.2) is 0 Å². The molecule has 0 aromatic carbocycles. The second-order valence-electron chi connectivity index (χ2n) is 3.12. The number of hydrogen-bond donors (Lipinski definition) is 1. The average Bonchev–Trinajstić information content (AvgIpc) is 2.40. The lowest BCUT2D eigenvalue weighted by Gasteiger charge is -2.14. The van der Waals surface area contributed by atoms with Crippen LogP contribution in [-0.2, 0) is 0 Å². The molecule has 2 heteroatoms. The minimum atomic E-state index is 1.00. The number of allylic oxidation sites excluding steroid dienone is 1. The van der Waals surface area contributed by atoms with Crippen molar-refractivity contribution in [3.63, 3.8) is 0 Å². The smallest absolute Gasteiger partial charge is 0.0856 e. The fraction of sp³-hybridized carbons (Fsp3) is 0.800. The molecule has 0 bridgehead atoms. The summed E-state index contributed by atoms with van der Waals surface area (Å²) in [6.45, 7) is 18.2. The Balaban J connectivity index is -0.000000102. The molecule has 0 atom stereocenters. The third-order valence-electron chi connectivity index (χ3n) is 1.51. The van der Waals surface area contributed by atoms with Gasteiger partial charge in [0.25, 0.3) is 0 Å². The highest BCUT2D eigenvalue weighted by Crippen LogP contribution is 2.06. The molecule has 0 aliphatic heterocycles. The van der Waals surface area contributed by atoms with Crippen LogP contribution >= 0.6 is 0 Å². The second-order valence-corrected chi connectivity index (χ2v) is 3.12. The summed E-state index contributed by atoms with van der Waals surface area (Å²) in [6, 6.07) is 0. The first kappa shape index (κ1) is 25.2. The van der Waals surface area contributed by atoms with Gasteiger partial charge in [0.05, 0.1) is 6.34 Å². The van der Waals surface area contributed by atoms with Crippen molar-refractivity contribution in [1.29, 1.82) is 5.41 Å². The summed E-state index contributed by atoms with van der Waals surface area (Å²) in [5.41, 5.74) is 1.02. The van der Waals surface area contributed by atoms with Gasteiger partial charge in [0.2, 0.25) is 0 Å². The monoisotopic (exact) mass is 244 g/mol. The fourth-order valence-electron chi connectivity index (χ4n) is 0.648. The van der Waals surface area contributed by atoms with E-state index in [1.54, 1.807) is 4.90 Å². The van der Waals surface area contributed by atoms with Gasteiger partial charge in [-0.2, -0.15) is 0 Å². The van der Waals surface area contributed by atoms with Crippen molar-refractivity contribution in [2.24, 2.45) is 0 Å². The van der Waals surface area contributed by atoms with Crippen molar-refractivity contribution in [2.75, 3.05) is 7.05 Å². The molecule has 1 N–H and O–H groups in total. The van der Waals surface area contributed by atoms with E-state index in [2.05, 4.69) is 27.4 Å². The lowest BCUT2D eigenvalue weighted by Crippen LogP contribution is -2.13. The molecule has 0 amide bonds. The number of nitrogens with zero attached hydrogens (tertiary/aromatic N) is 1. The molecule has 0 aromatic heterocycles. The number of unbranched alkanes of at least 4 members (excludes halogenated alkanes) is 1. The highest BCUT2D eigenvalue weighted by atomic mass is 15.1. The molecule has 0 radical (unpaired) electrons. The molecule has 106 valence electrons. The zero-order valence-corrected chi connectivity index (χ0v) is 13.6. The minimum Gasteiger partial charge on any atom is -0.340 e. The van der Waals surface area contributed by atoms with Crippen LogP contribution in [0.25, 0.3) is 0 Å². The van der Waals surface area contributed by atoms with Crippen LogP contribution in [0.4, 0.5) is 0 Å². The number of hydrogen-bond acceptors (Lipinski definition) is 1. The molecule has 17 heavy (non-hydrogen) atoms. The molecule has 0 unspecified atom stereocenters. The quantitative estimate of drug-likeness (QED) is 0.487. The van der Waals surface area contributed by atoms with Crippen molar-refractivity contribution in [3.8, 4) is 0 Å². The molecule has 0 spiro atoms. The Morgan fingerprint density at radius 2 is 1.47 bits per heavy atom. The highest BCUT2D eigenvalue weighted by Gasteiger charge is 1.95. The van der Waals surface area contributed by atoms with Gasteiger partial charge < -0.3 is 4.90 Å². The van der Waals surface area contributed by atoms with Crippen molar-refractivity contribution < 1.29 is 0 Å². The zero-order valence-electron chi connectivity index (χ0n) is 13.6. The lowest BCUT2D eigenvalue weighted by molar-refractivity contribution is 0.585. The molecular formula is C15H36N2. The topological polar surface area (TPSA) is 27.1 Å². The zero-order chi connectivity index (χ0) is 14.7. The van der Waals surface area contributed by atoms with E-state index in [1.807, 2.05) is 34.7 Å². The normalized spacial score (nSPS) is 7.06. The van der Waals surface area contributed by atoms with E-state index in [0.717, 1.165) is 18.5 Å². The molecule has 0 aromatic rings. The van der Waals surface area contributed by atoms with Crippen LogP contribution in [0, 0.1) is 5.41 Å². The Kier molecular flexibility index (Phi) is 43.6. The summed E-state index contributed by atoms with van der Waals surface area (Å²) in [7, 11) is 1.85. The Morgan fingerprint density at radius 1 is 1.12 bits per heavy atom. The summed E-state index contributed by atoms with van der Waals surface area (Å²) in [6.07, 6.45) is 5.89. The minimum absolute atomic E-state index is 1.00. The van der Waals surface area contributed by atoms with E-state index in [0.29, 0.717) is 0 Å². The van der Waals surface area contributed by atoms with E-state index in [1.165, 1.54) is 19.2 Å². The third kappa shape index (κ3) is 31.3. The van der Waals surface area contributed by atoms with Crippen molar-refractivity contribution in [2.45, 2.75) is 74.1 Å². The van der Waals surface area contributed by atoms with Gasteiger partial charge in [0.1, 0.15) is 0 Å². The SMILES string of the molecule is C=C(CCCC)N(C)C=N.CC.CC.CCC. The second kappa shape index (κ2) is 29.5. The molecule has 2 nitrogen and oxygen atoms in total. The Morgan fingerprint density at radius 3 is 1.71 bits per heavy atom. The van der Waals surface area contributed by atoms with Crippen LogP contribution in [-0.4, -0.2) is 18.3 Å². The van der Waals surface area contributed by atoms with E-state index in [9.17, 15) is 0 Å². The van der Waals surface area contributed by atoms with E-state index < -0.39 is 0 Å². The van der Waals surface area contributed by atoms with E-state index in [-0.39, 0.29) is 0 Å². The van der Waals surface area contributed by atoms with Crippen molar-refractivity contribution >= 4 is 6.34 Å². The van der Waals surface area contributed by atoms with Crippen molar-refractivity contribution in [3.05, 3.63) is 12.3 Å². The van der Waals surface area contributed by atoms with Crippen LogP contribution in [0.2, 0.25) is 0 Å². The van der Waals surface area contributed by atoms with E-state index in [4.69, 9.17) is 5.41 Å². The highest BCUT2D eigenvalue weighted by molar-refractivity contribution is 5.53. The maximum absolute atomic E-state index is 6.91. The van der Waals surface area contributed by atoms with Crippen molar-refractivity contribution in [1.82, 2.24) is 4.90 Å². The van der Waals surface area contributed by atoms with Gasteiger partial charge in [-0.25, -0.2) is 0 Å². The molecule has 0 rings (SSSR count). The van der Waals surface area contributed by atoms with Gasteiger partial charge in [-0.3, -0.25) is 5.41 Å². The molecule has 0 aliphatic rings. The predicted molar refractivity (Wildman–Crippen MR) is 83.9 cm³/mol. The molecule has 0 heterocycles. The molecule has 0 saturated heterocycles. The van der Waals surface area contributed by atoms with E-state index >= 15 is 0 Å². The maximum Gasteiger partial charge on any atom is 0.0856 e. The number of rotatable bonds is 5. The van der Waals surface area contributed by atoms with Crippen LogP contribution < -0.4 is 0 Å². The van der Waals surface area contributed by atoms with Gasteiger partial charge in [-0.15, -0.1) is 0 Å². The summed E-state index contributed by atoms with van der Waals surface area (Å²) in [4.78, 5) is 1.75. The fourth-order valence-corrected chi connectivity index (χ4v) is 0.648. The first-order chi connectivity index (χ1) is 8.13. The van der Waals surface area contributed by atoms with Gasteiger partial charge in [-0.1, -0.05) is 67.9 Å². The first-order valence-corrected chi connectivity index (χ1v) is 7.05. The Labute approximate surface area is 111 Å². The molecule has 0 aliphatic carbocycles. The lowest BCUT2D eigenvalue weighted by atomic mass is 10.2. The Bertz CT molecular complexity index is 131.